The standard InChI is InChI=1S/C11H21N5S2/c1-7-8(2)18-10(6-17-7)9(12-3)5-11-13-15-16(4)14-11/h7-10,12H,5-6H2,1-4H3. The molecule has 2 rings (SSSR count). The van der Waals surface area contributed by atoms with E-state index in [9.17, 15) is 0 Å². The van der Waals surface area contributed by atoms with Gasteiger partial charge < -0.3 is 5.32 Å². The van der Waals surface area contributed by atoms with E-state index in [1.54, 1.807) is 7.05 Å². The Morgan fingerprint density at radius 3 is 2.78 bits per heavy atom. The minimum Gasteiger partial charge on any atom is -0.315 e. The Morgan fingerprint density at radius 2 is 2.22 bits per heavy atom. The highest BCUT2D eigenvalue weighted by molar-refractivity contribution is 8.07. The summed E-state index contributed by atoms with van der Waals surface area (Å²) in [5.41, 5.74) is 0. The largest absolute Gasteiger partial charge is 0.315 e. The quantitative estimate of drug-likeness (QED) is 0.890. The highest BCUT2D eigenvalue weighted by atomic mass is 32.2. The van der Waals surface area contributed by atoms with E-state index >= 15 is 0 Å². The first-order valence-corrected chi connectivity index (χ1v) is 8.26. The van der Waals surface area contributed by atoms with Crippen LogP contribution in [0.5, 0.6) is 0 Å². The average molecular weight is 287 g/mol. The lowest BCUT2D eigenvalue weighted by molar-refractivity contribution is 0.538. The zero-order valence-electron chi connectivity index (χ0n) is 11.3. The SMILES string of the molecule is CNC(Cc1nnn(C)n1)C1CSC(C)C(C)S1. The Bertz CT molecular complexity index is 383. The van der Waals surface area contributed by atoms with Gasteiger partial charge in [0.25, 0.3) is 0 Å². The number of aryl methyl sites for hydroxylation is 1. The Balaban J connectivity index is 1.96. The van der Waals surface area contributed by atoms with Crippen molar-refractivity contribution in [2.24, 2.45) is 7.05 Å². The van der Waals surface area contributed by atoms with Crippen LogP contribution in [0.3, 0.4) is 0 Å². The van der Waals surface area contributed by atoms with Gasteiger partial charge in [-0.2, -0.15) is 28.3 Å². The third-order valence-electron chi connectivity index (χ3n) is 3.35. The maximum absolute atomic E-state index is 4.27. The van der Waals surface area contributed by atoms with Crippen LogP contribution in [0.4, 0.5) is 0 Å². The van der Waals surface area contributed by atoms with Crippen molar-refractivity contribution >= 4 is 23.5 Å². The molecule has 0 amide bonds. The number of nitrogens with zero attached hydrogens (tertiary/aromatic N) is 4. The van der Waals surface area contributed by atoms with Crippen LogP contribution in [-0.4, -0.2) is 54.8 Å². The predicted molar refractivity (Wildman–Crippen MR) is 78.1 cm³/mol. The number of likely N-dealkylation sites (N-methyl/N-ethyl adjacent to an activating group) is 1. The minimum absolute atomic E-state index is 0.418. The highest BCUT2D eigenvalue weighted by Crippen LogP contribution is 2.37. The van der Waals surface area contributed by atoms with Crippen LogP contribution in [0.2, 0.25) is 0 Å². The summed E-state index contributed by atoms with van der Waals surface area (Å²) < 4.78 is 0. The minimum atomic E-state index is 0.418. The van der Waals surface area contributed by atoms with Gasteiger partial charge in [-0.1, -0.05) is 13.8 Å². The molecule has 0 spiro atoms. The molecule has 2 heterocycles. The third-order valence-corrected chi connectivity index (χ3v) is 6.90. The molecule has 0 aliphatic carbocycles. The van der Waals surface area contributed by atoms with E-state index in [4.69, 9.17) is 0 Å². The summed E-state index contributed by atoms with van der Waals surface area (Å²) >= 11 is 4.16. The Kier molecular flexibility index (Phi) is 4.91. The fourth-order valence-corrected chi connectivity index (χ4v) is 5.21. The van der Waals surface area contributed by atoms with E-state index in [1.807, 2.05) is 7.05 Å². The molecule has 0 bridgehead atoms. The first-order valence-electron chi connectivity index (χ1n) is 6.27. The lowest BCUT2D eigenvalue weighted by atomic mass is 10.1. The van der Waals surface area contributed by atoms with Crippen molar-refractivity contribution in [2.45, 2.75) is 42.1 Å². The number of thioether (sulfide) groups is 2. The summed E-state index contributed by atoms with van der Waals surface area (Å²) in [6.07, 6.45) is 0.851. The fraction of sp³-hybridized carbons (Fsp3) is 0.909. The molecule has 1 aromatic heterocycles. The van der Waals surface area contributed by atoms with Crippen LogP contribution < -0.4 is 5.32 Å². The van der Waals surface area contributed by atoms with Crippen LogP contribution in [0, 0.1) is 0 Å². The van der Waals surface area contributed by atoms with Crippen LogP contribution in [0.1, 0.15) is 19.7 Å². The first-order chi connectivity index (χ1) is 8.60. The van der Waals surface area contributed by atoms with E-state index in [2.05, 4.69) is 58.1 Å². The second-order valence-electron chi connectivity index (χ2n) is 4.71. The second kappa shape index (κ2) is 6.25. The number of rotatable bonds is 4. The maximum Gasteiger partial charge on any atom is 0.176 e. The van der Waals surface area contributed by atoms with E-state index in [0.717, 1.165) is 17.5 Å². The summed E-state index contributed by atoms with van der Waals surface area (Å²) in [5.74, 6) is 2.02. The average Bonchev–Trinajstić information content (AvgIpc) is 2.75. The van der Waals surface area contributed by atoms with Gasteiger partial charge in [-0.25, -0.2) is 0 Å². The third kappa shape index (κ3) is 3.39. The van der Waals surface area contributed by atoms with Crippen LogP contribution in [0.15, 0.2) is 0 Å². The zero-order chi connectivity index (χ0) is 13.1. The molecule has 1 aromatic rings. The first kappa shape index (κ1) is 14.1. The molecule has 18 heavy (non-hydrogen) atoms. The molecular formula is C11H21N5S2. The molecule has 1 aliphatic rings. The lowest BCUT2D eigenvalue weighted by Crippen LogP contribution is -2.43. The second-order valence-corrected chi connectivity index (χ2v) is 7.74. The monoisotopic (exact) mass is 287 g/mol. The van der Waals surface area contributed by atoms with Crippen molar-refractivity contribution < 1.29 is 0 Å². The van der Waals surface area contributed by atoms with Gasteiger partial charge in [0.15, 0.2) is 5.82 Å². The van der Waals surface area contributed by atoms with E-state index < -0.39 is 0 Å². The van der Waals surface area contributed by atoms with Gasteiger partial charge >= 0.3 is 0 Å². The molecule has 0 saturated carbocycles. The molecule has 4 unspecified atom stereocenters. The van der Waals surface area contributed by atoms with Gasteiger partial charge in [0.05, 0.1) is 7.05 Å². The summed E-state index contributed by atoms with van der Waals surface area (Å²) in [5, 5.41) is 17.7. The molecule has 102 valence electrons. The normalized spacial score (nSPS) is 30.3. The van der Waals surface area contributed by atoms with E-state index in [1.165, 1.54) is 10.5 Å². The molecular weight excluding hydrogens is 266 g/mol. The number of nitrogens with one attached hydrogen (secondary N) is 1. The highest BCUT2D eigenvalue weighted by Gasteiger charge is 2.31. The number of hydrogen-bond donors (Lipinski definition) is 1. The summed E-state index contributed by atoms with van der Waals surface area (Å²) in [6.45, 7) is 4.64. The summed E-state index contributed by atoms with van der Waals surface area (Å²) in [4.78, 5) is 1.52. The molecule has 1 N–H and O–H groups in total. The van der Waals surface area contributed by atoms with Gasteiger partial charge in [-0.15, -0.1) is 10.2 Å². The number of hydrogen-bond acceptors (Lipinski definition) is 6. The molecule has 7 heteroatoms. The van der Waals surface area contributed by atoms with E-state index in [0.29, 0.717) is 16.5 Å². The zero-order valence-corrected chi connectivity index (χ0v) is 13.0. The molecule has 1 saturated heterocycles. The van der Waals surface area contributed by atoms with Crippen molar-refractivity contribution in [2.75, 3.05) is 12.8 Å². The topological polar surface area (TPSA) is 55.6 Å². The molecule has 5 nitrogen and oxygen atoms in total. The Labute approximate surface area is 117 Å². The summed E-state index contributed by atoms with van der Waals surface area (Å²) in [7, 11) is 3.83. The number of tetrazole rings is 1. The van der Waals surface area contributed by atoms with Crippen molar-refractivity contribution in [1.82, 2.24) is 25.5 Å². The van der Waals surface area contributed by atoms with Crippen LogP contribution in [-0.2, 0) is 13.5 Å². The van der Waals surface area contributed by atoms with Gasteiger partial charge in [0, 0.05) is 34.0 Å². The Hall–Kier alpha value is -0.270. The predicted octanol–water partition coefficient (Wildman–Crippen LogP) is 0.966. The van der Waals surface area contributed by atoms with Crippen LogP contribution >= 0.6 is 23.5 Å². The van der Waals surface area contributed by atoms with Crippen molar-refractivity contribution in [1.29, 1.82) is 0 Å². The molecule has 1 fully saturated rings. The van der Waals surface area contributed by atoms with Gasteiger partial charge in [-0.05, 0) is 12.3 Å². The lowest BCUT2D eigenvalue weighted by Gasteiger charge is -2.35. The van der Waals surface area contributed by atoms with Crippen molar-refractivity contribution in [3.05, 3.63) is 5.82 Å². The fourth-order valence-electron chi connectivity index (χ4n) is 2.04. The Morgan fingerprint density at radius 1 is 1.44 bits per heavy atom. The molecule has 1 aliphatic heterocycles. The number of aromatic nitrogens is 4. The van der Waals surface area contributed by atoms with Gasteiger partial charge in [0.1, 0.15) is 0 Å². The molecule has 4 atom stereocenters. The molecule has 0 radical (unpaired) electrons. The molecule has 0 aromatic carbocycles. The smallest absolute Gasteiger partial charge is 0.176 e. The van der Waals surface area contributed by atoms with Gasteiger partial charge in [0.2, 0.25) is 0 Å². The summed E-state index contributed by atoms with van der Waals surface area (Å²) in [6, 6.07) is 0.418. The maximum atomic E-state index is 4.27. The van der Waals surface area contributed by atoms with Crippen molar-refractivity contribution in [3.8, 4) is 0 Å². The van der Waals surface area contributed by atoms with Gasteiger partial charge in [-0.3, -0.25) is 0 Å². The van der Waals surface area contributed by atoms with Crippen molar-refractivity contribution in [3.63, 3.8) is 0 Å². The van der Waals surface area contributed by atoms with Crippen LogP contribution in [0.25, 0.3) is 0 Å². The van der Waals surface area contributed by atoms with E-state index in [-0.39, 0.29) is 0 Å².